The number of imide groups is 1. The molecule has 1 aliphatic heterocycles. The van der Waals surface area contributed by atoms with Gasteiger partial charge in [0, 0.05) is 56.5 Å². The van der Waals surface area contributed by atoms with Crippen LogP contribution in [0.1, 0.15) is 45.4 Å². The number of fused-ring (bicyclic) bond motifs is 3. The van der Waals surface area contributed by atoms with Crippen LogP contribution < -0.4 is 4.90 Å². The maximum Gasteiger partial charge on any atom is 0.232 e. The summed E-state index contributed by atoms with van der Waals surface area (Å²) in [5.74, 6) is 1.45. The van der Waals surface area contributed by atoms with Gasteiger partial charge in [0.1, 0.15) is 5.82 Å². The average molecular weight is 555 g/mol. The van der Waals surface area contributed by atoms with Crippen LogP contribution in [0.5, 0.6) is 0 Å². The lowest BCUT2D eigenvalue weighted by molar-refractivity contribution is -0.152. The molecular weight excluding hydrogens is 512 g/mol. The first-order chi connectivity index (χ1) is 18.9. The van der Waals surface area contributed by atoms with E-state index in [-0.39, 0.29) is 36.2 Å². The van der Waals surface area contributed by atoms with Gasteiger partial charge in [-0.2, -0.15) is 4.37 Å². The summed E-state index contributed by atoms with van der Waals surface area (Å²) < 4.78 is 5.98. The molecule has 0 spiro atoms. The number of benzene rings is 1. The molecule has 2 heterocycles. The highest BCUT2D eigenvalue weighted by Gasteiger charge is 2.60. The average Bonchev–Trinajstić information content (AvgIpc) is 3.64. The summed E-state index contributed by atoms with van der Waals surface area (Å²) in [4.78, 5) is 32.3. The van der Waals surface area contributed by atoms with Crippen molar-refractivity contribution in [2.45, 2.75) is 51.0 Å². The Morgan fingerprint density at radius 2 is 1.92 bits per heavy atom. The van der Waals surface area contributed by atoms with E-state index in [1.807, 2.05) is 0 Å². The number of aliphatic hydroxyl groups is 2. The van der Waals surface area contributed by atoms with E-state index < -0.39 is 5.60 Å². The van der Waals surface area contributed by atoms with Gasteiger partial charge in [0.05, 0.1) is 16.9 Å². The van der Waals surface area contributed by atoms with Crippen molar-refractivity contribution in [2.24, 2.45) is 35.5 Å². The van der Waals surface area contributed by atoms with Crippen molar-refractivity contribution in [1.82, 2.24) is 14.2 Å². The monoisotopic (exact) mass is 554 g/mol. The molecule has 4 fully saturated rings. The summed E-state index contributed by atoms with van der Waals surface area (Å²) in [5, 5.41) is 22.0. The fraction of sp³-hybridized carbons (Fsp3) is 0.700. The molecule has 1 saturated heterocycles. The molecule has 2 N–H and O–H groups in total. The Bertz CT molecular complexity index is 1180. The van der Waals surface area contributed by atoms with Crippen molar-refractivity contribution in [1.29, 1.82) is 0 Å². The summed E-state index contributed by atoms with van der Waals surface area (Å²) in [6.07, 6.45) is 6.56. The minimum Gasteiger partial charge on any atom is -0.393 e. The maximum absolute atomic E-state index is 13.7. The van der Waals surface area contributed by atoms with Gasteiger partial charge in [0.2, 0.25) is 12.3 Å². The number of anilines is 1. The van der Waals surface area contributed by atoms with Gasteiger partial charge in [0.25, 0.3) is 0 Å². The molecule has 212 valence electrons. The zero-order valence-corrected chi connectivity index (χ0v) is 23.8. The summed E-state index contributed by atoms with van der Waals surface area (Å²) in [7, 11) is 0. The molecule has 3 aliphatic carbocycles. The fourth-order valence-electron chi connectivity index (χ4n) is 8.32. The Kier molecular flexibility index (Phi) is 7.70. The van der Waals surface area contributed by atoms with E-state index in [0.29, 0.717) is 24.8 Å². The first-order valence-corrected chi connectivity index (χ1v) is 15.6. The molecule has 3 saturated carbocycles. The highest BCUT2D eigenvalue weighted by molar-refractivity contribution is 7.13. The van der Waals surface area contributed by atoms with E-state index in [9.17, 15) is 19.8 Å². The molecule has 6 rings (SSSR count). The summed E-state index contributed by atoms with van der Waals surface area (Å²) in [5.41, 5.74) is -1.19. The molecule has 8 nitrogen and oxygen atoms in total. The van der Waals surface area contributed by atoms with E-state index in [4.69, 9.17) is 4.37 Å². The Morgan fingerprint density at radius 3 is 2.64 bits per heavy atom. The third-order valence-corrected chi connectivity index (χ3v) is 11.4. The van der Waals surface area contributed by atoms with Gasteiger partial charge in [-0.15, -0.1) is 0 Å². The van der Waals surface area contributed by atoms with Gasteiger partial charge in [-0.05, 0) is 73.0 Å². The third-order valence-electron chi connectivity index (χ3n) is 10.6. The number of hydrogen-bond acceptors (Lipinski definition) is 8. The zero-order chi connectivity index (χ0) is 27.1. The highest BCUT2D eigenvalue weighted by atomic mass is 32.1. The van der Waals surface area contributed by atoms with Crippen molar-refractivity contribution < 1.29 is 19.8 Å². The first-order valence-electron chi connectivity index (χ1n) is 14.8. The van der Waals surface area contributed by atoms with E-state index in [1.165, 1.54) is 21.4 Å². The zero-order valence-electron chi connectivity index (χ0n) is 23.0. The number of hydrogen-bond donors (Lipinski definition) is 2. The van der Waals surface area contributed by atoms with Crippen LogP contribution in [0.3, 0.4) is 0 Å². The lowest BCUT2D eigenvalue weighted by atomic mass is 9.71. The van der Waals surface area contributed by atoms with Crippen LogP contribution in [0.4, 0.5) is 5.82 Å². The van der Waals surface area contributed by atoms with Crippen molar-refractivity contribution in [3.63, 3.8) is 0 Å². The fourth-order valence-corrected chi connectivity index (χ4v) is 9.12. The second kappa shape index (κ2) is 11.1. The Hall–Kier alpha value is -2.07. The molecule has 7 atom stereocenters. The van der Waals surface area contributed by atoms with E-state index >= 15 is 0 Å². The maximum atomic E-state index is 13.7. The Morgan fingerprint density at radius 1 is 1.18 bits per heavy atom. The summed E-state index contributed by atoms with van der Waals surface area (Å²) in [6, 6.07) is 8.44. The molecule has 2 amide bonds. The van der Waals surface area contributed by atoms with Crippen LogP contribution >= 0.6 is 11.5 Å². The van der Waals surface area contributed by atoms with Crippen molar-refractivity contribution in [3.05, 3.63) is 24.3 Å². The number of aliphatic hydroxyl groups excluding tert-OH is 1. The van der Waals surface area contributed by atoms with Gasteiger partial charge in [-0.3, -0.25) is 19.4 Å². The number of aromatic nitrogens is 1. The molecule has 1 aromatic carbocycles. The number of carbonyl (C=O) groups excluding carboxylic acids is 2. The summed E-state index contributed by atoms with van der Waals surface area (Å²) in [6.45, 7) is 7.14. The molecule has 39 heavy (non-hydrogen) atoms. The van der Waals surface area contributed by atoms with E-state index in [1.54, 1.807) is 11.5 Å². The minimum absolute atomic E-state index is 0.130. The lowest BCUT2D eigenvalue weighted by Gasteiger charge is -2.42. The topological polar surface area (TPSA) is 97.2 Å². The van der Waals surface area contributed by atoms with Crippen molar-refractivity contribution in [2.75, 3.05) is 50.8 Å². The number of piperazine rings is 1. The molecular formula is C30H42N4O4S. The van der Waals surface area contributed by atoms with E-state index in [2.05, 4.69) is 41.0 Å². The smallest absolute Gasteiger partial charge is 0.232 e. The van der Waals surface area contributed by atoms with Crippen LogP contribution in [0.25, 0.3) is 10.1 Å². The van der Waals surface area contributed by atoms with Crippen LogP contribution in [-0.4, -0.2) is 88.2 Å². The minimum atomic E-state index is -1.19. The molecule has 4 aliphatic rings. The highest BCUT2D eigenvalue weighted by Crippen LogP contribution is 2.57. The molecule has 2 aromatic rings. The van der Waals surface area contributed by atoms with Gasteiger partial charge in [0.15, 0.2) is 0 Å². The van der Waals surface area contributed by atoms with Crippen LogP contribution in [0, 0.1) is 35.5 Å². The predicted molar refractivity (Wildman–Crippen MR) is 152 cm³/mol. The quantitative estimate of drug-likeness (QED) is 0.484. The van der Waals surface area contributed by atoms with Crippen LogP contribution in [0.15, 0.2) is 24.3 Å². The van der Waals surface area contributed by atoms with Gasteiger partial charge in [-0.25, -0.2) is 0 Å². The number of amides is 2. The van der Waals surface area contributed by atoms with Crippen molar-refractivity contribution >= 4 is 39.8 Å². The predicted octanol–water partition coefficient (Wildman–Crippen LogP) is 3.23. The standard InChI is InChI=1S/C30H42N4O4S/c1-20-23-14-25(30(38,15-23)18-35)27(20)29(37)34(19-36)17-22-7-3-2-6-21(22)16-32-10-12-33(13-11-32)28-24-8-4-5-9-26(24)39-31-28/h4-5,8-9,19-23,25,27,35,38H,2-3,6-7,10-18H2,1H3. The third kappa shape index (κ3) is 5.00. The Labute approximate surface area is 235 Å². The van der Waals surface area contributed by atoms with Crippen molar-refractivity contribution in [3.8, 4) is 0 Å². The van der Waals surface area contributed by atoms with Crippen LogP contribution in [-0.2, 0) is 9.59 Å². The van der Waals surface area contributed by atoms with Gasteiger partial charge >= 0.3 is 0 Å². The second-order valence-corrected chi connectivity index (χ2v) is 13.4. The Balaban J connectivity index is 1.07. The second-order valence-electron chi connectivity index (χ2n) is 12.6. The first kappa shape index (κ1) is 27.1. The van der Waals surface area contributed by atoms with Crippen LogP contribution in [0.2, 0.25) is 0 Å². The molecule has 0 radical (unpaired) electrons. The normalized spacial score (nSPS) is 35.0. The number of nitrogens with zero attached hydrogens (tertiary/aromatic N) is 4. The molecule has 2 bridgehead atoms. The molecule has 7 unspecified atom stereocenters. The van der Waals surface area contributed by atoms with Gasteiger partial charge in [-0.1, -0.05) is 31.9 Å². The summed E-state index contributed by atoms with van der Waals surface area (Å²) >= 11 is 1.57. The van der Waals surface area contributed by atoms with Gasteiger partial charge < -0.3 is 15.1 Å². The molecule has 1 aromatic heterocycles. The lowest BCUT2D eigenvalue weighted by Crippen LogP contribution is -2.52. The van der Waals surface area contributed by atoms with E-state index in [0.717, 1.165) is 70.6 Å². The number of rotatable bonds is 8. The SMILES string of the molecule is CC1C2CC(C1C(=O)N(C=O)CC1CCCCC1CN1CCN(c3nsc4ccccc34)CC1)C(O)(CO)C2. The molecule has 9 heteroatoms. The number of carbonyl (C=O) groups is 2. The largest absolute Gasteiger partial charge is 0.393 e.